The number of amides is 1. The molecule has 0 spiro atoms. The van der Waals surface area contributed by atoms with Gasteiger partial charge in [0.05, 0.1) is 0 Å². The van der Waals surface area contributed by atoms with Crippen LogP contribution in [0.2, 0.25) is 0 Å². The summed E-state index contributed by atoms with van der Waals surface area (Å²) in [6.07, 6.45) is 0. The van der Waals surface area contributed by atoms with Crippen LogP contribution < -0.4 is 4.46 Å². The molecule has 0 saturated carbocycles. The van der Waals surface area contributed by atoms with E-state index >= 15 is 0 Å². The van der Waals surface area contributed by atoms with Crippen molar-refractivity contribution in [1.29, 1.82) is 0 Å². The molecule has 1 aliphatic heterocycles. The second kappa shape index (κ2) is 3.82. The molecule has 1 amide bonds. The average molecular weight is 299 g/mol. The van der Waals surface area contributed by atoms with Gasteiger partial charge < -0.3 is 0 Å². The van der Waals surface area contributed by atoms with Gasteiger partial charge in [-0.3, -0.25) is 0 Å². The van der Waals surface area contributed by atoms with Crippen molar-refractivity contribution >= 4 is 31.2 Å². The van der Waals surface area contributed by atoms with Crippen molar-refractivity contribution < 1.29 is 9.72 Å². The number of nitro benzene ring substituents is 1. The van der Waals surface area contributed by atoms with Crippen LogP contribution in [0.3, 0.4) is 0 Å². The summed E-state index contributed by atoms with van der Waals surface area (Å²) in [5.41, 5.74) is 0.564. The zero-order valence-electron chi connectivity index (χ0n) is 9.76. The Morgan fingerprint density at radius 1 is 1.47 bits per heavy atom. The van der Waals surface area contributed by atoms with Gasteiger partial charge in [0, 0.05) is 0 Å². The standard InChI is InChI=1S/C11H12N2O3Se/c1-7(14)12-11(2,3)8-5-4-6-9(13(15)16)10(8)17-12/h4-6H,1-3H3. The van der Waals surface area contributed by atoms with Crippen molar-refractivity contribution in [2.45, 2.75) is 26.3 Å². The summed E-state index contributed by atoms with van der Waals surface area (Å²) in [4.78, 5) is 22.2. The molecule has 0 fully saturated rings. The van der Waals surface area contributed by atoms with E-state index in [-0.39, 0.29) is 31.7 Å². The Morgan fingerprint density at radius 2 is 2.12 bits per heavy atom. The summed E-state index contributed by atoms with van der Waals surface area (Å²) in [5, 5.41) is 11.0. The summed E-state index contributed by atoms with van der Waals surface area (Å²) in [5.74, 6) is -0.0412. The molecule has 1 heterocycles. The van der Waals surface area contributed by atoms with Crippen LogP contribution in [-0.2, 0) is 10.3 Å². The van der Waals surface area contributed by atoms with Gasteiger partial charge in [0.1, 0.15) is 0 Å². The number of benzene rings is 1. The van der Waals surface area contributed by atoms with Crippen LogP contribution >= 0.6 is 0 Å². The Bertz CT molecular complexity index is 513. The Morgan fingerprint density at radius 3 is 2.65 bits per heavy atom. The number of carbonyl (C=O) groups is 1. The minimum atomic E-state index is -0.451. The van der Waals surface area contributed by atoms with Crippen LogP contribution in [0.5, 0.6) is 0 Å². The maximum absolute atomic E-state index is 11.6. The van der Waals surface area contributed by atoms with Crippen LogP contribution in [0, 0.1) is 10.1 Å². The van der Waals surface area contributed by atoms with Crippen LogP contribution in [0.15, 0.2) is 18.2 Å². The molecular formula is C11H12N2O3Se. The van der Waals surface area contributed by atoms with E-state index in [0.29, 0.717) is 4.46 Å². The van der Waals surface area contributed by atoms with E-state index in [9.17, 15) is 14.9 Å². The fraction of sp³-hybridized carbons (Fsp3) is 0.364. The van der Waals surface area contributed by atoms with Gasteiger partial charge in [-0.2, -0.15) is 0 Å². The summed E-state index contributed by atoms with van der Waals surface area (Å²) >= 11 is -0.311. The van der Waals surface area contributed by atoms with E-state index in [1.54, 1.807) is 9.98 Å². The van der Waals surface area contributed by atoms with Crippen LogP contribution in [0.25, 0.3) is 0 Å². The maximum atomic E-state index is 11.6. The molecule has 0 atom stereocenters. The van der Waals surface area contributed by atoms with Gasteiger partial charge in [0.2, 0.25) is 0 Å². The van der Waals surface area contributed by atoms with Gasteiger partial charge in [0.25, 0.3) is 0 Å². The monoisotopic (exact) mass is 300 g/mol. The van der Waals surface area contributed by atoms with Crippen LogP contribution in [0.1, 0.15) is 26.3 Å². The number of nitro groups is 1. The molecule has 17 heavy (non-hydrogen) atoms. The normalized spacial score (nSPS) is 16.8. The van der Waals surface area contributed by atoms with E-state index < -0.39 is 5.54 Å². The van der Waals surface area contributed by atoms with Crippen molar-refractivity contribution in [2.75, 3.05) is 0 Å². The molecule has 0 aromatic heterocycles. The first-order chi connectivity index (χ1) is 7.85. The van der Waals surface area contributed by atoms with Crippen LogP contribution in [0.4, 0.5) is 5.69 Å². The fourth-order valence-corrected chi connectivity index (χ4v) is 4.73. The Kier molecular flexibility index (Phi) is 2.71. The number of hydrogen-bond donors (Lipinski definition) is 0. The zero-order chi connectivity index (χ0) is 12.8. The summed E-state index contributed by atoms with van der Waals surface area (Å²) in [6, 6.07) is 5.05. The van der Waals surface area contributed by atoms with Crippen molar-refractivity contribution in [3.63, 3.8) is 0 Å². The topological polar surface area (TPSA) is 63.5 Å². The Hall–Kier alpha value is -1.39. The van der Waals surface area contributed by atoms with Gasteiger partial charge >= 0.3 is 105 Å². The van der Waals surface area contributed by atoms with E-state index in [4.69, 9.17) is 0 Å². The predicted molar refractivity (Wildman–Crippen MR) is 64.0 cm³/mol. The van der Waals surface area contributed by atoms with E-state index in [2.05, 4.69) is 0 Å². The molecule has 0 bridgehead atoms. The molecule has 2 rings (SSSR count). The van der Waals surface area contributed by atoms with E-state index in [1.807, 2.05) is 19.9 Å². The molecule has 0 aliphatic carbocycles. The first kappa shape index (κ1) is 12.1. The Labute approximate surface area is 105 Å². The third-order valence-electron chi connectivity index (χ3n) is 2.83. The fourth-order valence-electron chi connectivity index (χ4n) is 2.02. The molecule has 0 N–H and O–H groups in total. The first-order valence-corrected chi connectivity index (χ1v) is 6.74. The third kappa shape index (κ3) is 1.73. The van der Waals surface area contributed by atoms with Gasteiger partial charge in [0.15, 0.2) is 0 Å². The van der Waals surface area contributed by atoms with Crippen molar-refractivity contribution in [2.24, 2.45) is 0 Å². The zero-order valence-corrected chi connectivity index (χ0v) is 11.5. The average Bonchev–Trinajstić information content (AvgIpc) is 2.50. The molecule has 90 valence electrons. The summed E-state index contributed by atoms with van der Waals surface area (Å²) in [7, 11) is 0. The van der Waals surface area contributed by atoms with Gasteiger partial charge in [-0.15, -0.1) is 0 Å². The van der Waals surface area contributed by atoms with Gasteiger partial charge in [-0.25, -0.2) is 0 Å². The molecule has 5 nitrogen and oxygen atoms in total. The van der Waals surface area contributed by atoms with Crippen molar-refractivity contribution in [3.05, 3.63) is 33.9 Å². The molecule has 1 aliphatic rings. The summed E-state index contributed by atoms with van der Waals surface area (Å²) in [6.45, 7) is 5.35. The number of rotatable bonds is 1. The SMILES string of the molecule is CC(=O)N1[Se]c2c([N+](=O)[O-])cccc2C1(C)C. The van der Waals surface area contributed by atoms with Gasteiger partial charge in [-0.1, -0.05) is 0 Å². The number of fused-ring (bicyclic) bond motifs is 1. The minimum absolute atomic E-state index is 0.0412. The molecule has 0 radical (unpaired) electrons. The quantitative estimate of drug-likeness (QED) is 0.440. The molecule has 1 aromatic rings. The molecule has 0 saturated heterocycles. The predicted octanol–water partition coefficient (Wildman–Crippen LogP) is 0.936. The Balaban J connectivity index is 2.61. The van der Waals surface area contributed by atoms with Crippen molar-refractivity contribution in [1.82, 2.24) is 3.92 Å². The molecule has 1 aromatic carbocycles. The number of nitrogens with zero attached hydrogens (tertiary/aromatic N) is 2. The second-order valence-electron chi connectivity index (χ2n) is 4.37. The third-order valence-corrected chi connectivity index (χ3v) is 5.99. The van der Waals surface area contributed by atoms with Crippen molar-refractivity contribution in [3.8, 4) is 0 Å². The first-order valence-electron chi connectivity index (χ1n) is 5.12. The van der Waals surface area contributed by atoms with Gasteiger partial charge in [-0.05, 0) is 0 Å². The molecular weight excluding hydrogens is 287 g/mol. The second-order valence-corrected chi connectivity index (χ2v) is 6.38. The molecule has 0 unspecified atom stereocenters. The van der Waals surface area contributed by atoms with E-state index in [1.165, 1.54) is 13.0 Å². The van der Waals surface area contributed by atoms with E-state index in [0.717, 1.165) is 5.56 Å². The number of carbonyl (C=O) groups excluding carboxylic acids is 1. The summed E-state index contributed by atoms with van der Waals surface area (Å²) < 4.78 is 2.43. The molecule has 6 heteroatoms. The van der Waals surface area contributed by atoms with Crippen LogP contribution in [-0.4, -0.2) is 29.9 Å². The number of hydrogen-bond acceptors (Lipinski definition) is 3.